The first-order valence-electron chi connectivity index (χ1n) is 4.35. The van der Waals surface area contributed by atoms with Gasteiger partial charge in [0.05, 0.1) is 0 Å². The molecule has 1 aromatic rings. The van der Waals surface area contributed by atoms with Gasteiger partial charge in [0.1, 0.15) is 0 Å². The molecular weight excluding hydrogens is 226 g/mol. The Morgan fingerprint density at radius 2 is 2.31 bits per heavy atom. The lowest BCUT2D eigenvalue weighted by atomic mass is 10.2. The van der Waals surface area contributed by atoms with Crippen molar-refractivity contribution in [2.45, 2.75) is 13.3 Å². The second kappa shape index (κ2) is 5.07. The number of hydrogen-bond acceptors (Lipinski definition) is 1. The molecule has 0 spiro atoms. The smallest absolute Gasteiger partial charge is 0.0487 e. The third kappa shape index (κ3) is 2.88. The minimum absolute atomic E-state index is 0.936. The quantitative estimate of drug-likeness (QED) is 0.624. The highest BCUT2D eigenvalue weighted by molar-refractivity contribution is 9.10. The van der Waals surface area contributed by atoms with Gasteiger partial charge in [-0.15, -0.1) is 6.58 Å². The van der Waals surface area contributed by atoms with Crippen LogP contribution in [-0.4, -0.2) is 6.54 Å². The molecule has 0 saturated carbocycles. The maximum atomic E-state index is 3.68. The molecule has 0 atom stereocenters. The largest absolute Gasteiger partial charge is 0.384 e. The first kappa shape index (κ1) is 10.3. The summed E-state index contributed by atoms with van der Waals surface area (Å²) in [5.74, 6) is 0. The Morgan fingerprint density at radius 1 is 1.54 bits per heavy atom. The van der Waals surface area contributed by atoms with Crippen LogP contribution in [0, 0.1) is 6.92 Å². The van der Waals surface area contributed by atoms with Crippen molar-refractivity contribution in [3.05, 3.63) is 40.9 Å². The summed E-state index contributed by atoms with van der Waals surface area (Å²) in [7, 11) is 0. The predicted octanol–water partition coefficient (Wildman–Crippen LogP) is 3.75. The van der Waals surface area contributed by atoms with Crippen LogP contribution >= 0.6 is 15.9 Å². The van der Waals surface area contributed by atoms with Gasteiger partial charge in [-0.1, -0.05) is 18.2 Å². The normalized spacial score (nSPS) is 9.69. The van der Waals surface area contributed by atoms with Gasteiger partial charge < -0.3 is 5.32 Å². The molecule has 0 heterocycles. The van der Waals surface area contributed by atoms with Gasteiger partial charge in [-0.3, -0.25) is 0 Å². The van der Waals surface area contributed by atoms with E-state index in [4.69, 9.17) is 0 Å². The van der Waals surface area contributed by atoms with Gasteiger partial charge in [-0.05, 0) is 40.9 Å². The summed E-state index contributed by atoms with van der Waals surface area (Å²) >= 11 is 3.54. The molecule has 2 heteroatoms. The Bertz CT molecular complexity index is 294. The van der Waals surface area contributed by atoms with E-state index in [1.165, 1.54) is 5.56 Å². The number of halogens is 1. The highest BCUT2D eigenvalue weighted by Gasteiger charge is 1.99. The molecule has 1 aromatic carbocycles. The molecule has 0 radical (unpaired) electrons. The van der Waals surface area contributed by atoms with Gasteiger partial charge in [-0.25, -0.2) is 0 Å². The molecule has 0 aromatic heterocycles. The molecule has 0 unspecified atom stereocenters. The van der Waals surface area contributed by atoms with E-state index >= 15 is 0 Å². The van der Waals surface area contributed by atoms with E-state index < -0.39 is 0 Å². The molecule has 0 aliphatic heterocycles. The molecule has 1 N–H and O–H groups in total. The van der Waals surface area contributed by atoms with Crippen LogP contribution in [-0.2, 0) is 0 Å². The van der Waals surface area contributed by atoms with Gasteiger partial charge >= 0.3 is 0 Å². The Balaban J connectivity index is 2.65. The van der Waals surface area contributed by atoms with Crippen molar-refractivity contribution >= 4 is 21.6 Å². The number of anilines is 1. The van der Waals surface area contributed by atoms with Crippen LogP contribution in [0.3, 0.4) is 0 Å². The van der Waals surface area contributed by atoms with Crippen LogP contribution in [0.2, 0.25) is 0 Å². The molecule has 1 rings (SSSR count). The van der Waals surface area contributed by atoms with Crippen molar-refractivity contribution in [1.82, 2.24) is 0 Å². The van der Waals surface area contributed by atoms with E-state index in [-0.39, 0.29) is 0 Å². The molecule has 0 amide bonds. The van der Waals surface area contributed by atoms with Crippen molar-refractivity contribution in [3.8, 4) is 0 Å². The molecule has 1 nitrogen and oxygen atoms in total. The number of hydrogen-bond donors (Lipinski definition) is 1. The lowest BCUT2D eigenvalue weighted by Crippen LogP contribution is -2.00. The maximum absolute atomic E-state index is 3.68. The molecule has 0 saturated heterocycles. The van der Waals surface area contributed by atoms with Crippen LogP contribution in [0.4, 0.5) is 5.69 Å². The molecule has 0 aliphatic carbocycles. The van der Waals surface area contributed by atoms with Crippen molar-refractivity contribution in [1.29, 1.82) is 0 Å². The molecular formula is C11H14BrN. The summed E-state index contributed by atoms with van der Waals surface area (Å²) in [4.78, 5) is 0. The highest BCUT2D eigenvalue weighted by Crippen LogP contribution is 2.25. The fourth-order valence-corrected chi connectivity index (χ4v) is 1.50. The highest BCUT2D eigenvalue weighted by atomic mass is 79.9. The van der Waals surface area contributed by atoms with Crippen LogP contribution in [0.25, 0.3) is 0 Å². The van der Waals surface area contributed by atoms with Crippen LogP contribution in [0.1, 0.15) is 12.0 Å². The monoisotopic (exact) mass is 239 g/mol. The maximum Gasteiger partial charge on any atom is 0.0487 e. The Labute approximate surface area is 88.0 Å². The van der Waals surface area contributed by atoms with Gasteiger partial charge in [0.2, 0.25) is 0 Å². The minimum atomic E-state index is 0.936. The van der Waals surface area contributed by atoms with E-state index in [0.29, 0.717) is 0 Å². The van der Waals surface area contributed by atoms with Crippen molar-refractivity contribution < 1.29 is 0 Å². The fourth-order valence-electron chi connectivity index (χ4n) is 1.09. The summed E-state index contributed by atoms with van der Waals surface area (Å²) < 4.78 is 1.15. The number of rotatable bonds is 4. The molecule has 0 aliphatic rings. The molecule has 0 fully saturated rings. The van der Waals surface area contributed by atoms with Crippen molar-refractivity contribution in [3.63, 3.8) is 0 Å². The summed E-state index contributed by atoms with van der Waals surface area (Å²) in [6, 6.07) is 6.21. The Hall–Kier alpha value is -0.760. The standard InChI is InChI=1S/C11H14BrN/c1-3-4-8-13-10-7-5-6-9(2)11(10)12/h3,5-7,13H,1,4,8H2,2H3. The van der Waals surface area contributed by atoms with E-state index in [2.05, 4.69) is 52.9 Å². The van der Waals surface area contributed by atoms with Crippen LogP contribution < -0.4 is 5.32 Å². The van der Waals surface area contributed by atoms with Crippen molar-refractivity contribution in [2.75, 3.05) is 11.9 Å². The second-order valence-electron chi connectivity index (χ2n) is 2.94. The average molecular weight is 240 g/mol. The predicted molar refractivity (Wildman–Crippen MR) is 62.2 cm³/mol. The third-order valence-corrected chi connectivity index (χ3v) is 2.91. The zero-order chi connectivity index (χ0) is 9.68. The first-order chi connectivity index (χ1) is 6.25. The van der Waals surface area contributed by atoms with Gasteiger partial charge in [0.15, 0.2) is 0 Å². The minimum Gasteiger partial charge on any atom is -0.384 e. The lowest BCUT2D eigenvalue weighted by molar-refractivity contribution is 1.07. The topological polar surface area (TPSA) is 12.0 Å². The van der Waals surface area contributed by atoms with E-state index in [1.807, 2.05) is 6.08 Å². The molecule has 70 valence electrons. The zero-order valence-electron chi connectivity index (χ0n) is 7.81. The summed E-state index contributed by atoms with van der Waals surface area (Å²) in [5.41, 5.74) is 2.41. The van der Waals surface area contributed by atoms with Crippen LogP contribution in [0.15, 0.2) is 35.3 Å². The van der Waals surface area contributed by atoms with Gasteiger partial charge in [0.25, 0.3) is 0 Å². The summed E-state index contributed by atoms with van der Waals surface area (Å²) in [5, 5.41) is 3.34. The summed E-state index contributed by atoms with van der Waals surface area (Å²) in [6.07, 6.45) is 2.90. The number of aryl methyl sites for hydroxylation is 1. The lowest BCUT2D eigenvalue weighted by Gasteiger charge is -2.08. The SMILES string of the molecule is C=CCCNc1cccc(C)c1Br. The Morgan fingerprint density at radius 3 is 3.00 bits per heavy atom. The van der Waals surface area contributed by atoms with E-state index in [9.17, 15) is 0 Å². The Kier molecular flexibility index (Phi) is 4.03. The molecule has 13 heavy (non-hydrogen) atoms. The first-order valence-corrected chi connectivity index (χ1v) is 5.15. The van der Waals surface area contributed by atoms with E-state index in [0.717, 1.165) is 23.1 Å². The van der Waals surface area contributed by atoms with Gasteiger partial charge in [0, 0.05) is 16.7 Å². The second-order valence-corrected chi connectivity index (χ2v) is 3.73. The van der Waals surface area contributed by atoms with Crippen molar-refractivity contribution in [2.24, 2.45) is 0 Å². The summed E-state index contributed by atoms with van der Waals surface area (Å²) in [6.45, 7) is 6.70. The molecule has 0 bridgehead atoms. The van der Waals surface area contributed by atoms with E-state index in [1.54, 1.807) is 0 Å². The zero-order valence-corrected chi connectivity index (χ0v) is 9.39. The fraction of sp³-hybridized carbons (Fsp3) is 0.273. The average Bonchev–Trinajstić information content (AvgIpc) is 2.13. The van der Waals surface area contributed by atoms with Crippen LogP contribution in [0.5, 0.6) is 0 Å². The number of benzene rings is 1. The van der Waals surface area contributed by atoms with Gasteiger partial charge in [-0.2, -0.15) is 0 Å². The third-order valence-electron chi connectivity index (χ3n) is 1.86. The number of nitrogens with one attached hydrogen (secondary N) is 1.